The number of amides is 1. The van der Waals surface area contributed by atoms with Crippen LogP contribution in [0.5, 0.6) is 0 Å². The van der Waals surface area contributed by atoms with Crippen LogP contribution in [0.15, 0.2) is 0 Å². The lowest BCUT2D eigenvalue weighted by atomic mass is 9.77. The average molecular weight is 267 g/mol. The lowest BCUT2D eigenvalue weighted by molar-refractivity contribution is -0.128. The largest absolute Gasteiger partial charge is 0.352 e. The zero-order chi connectivity index (χ0) is 13.8. The Morgan fingerprint density at radius 3 is 2.68 bits per heavy atom. The van der Waals surface area contributed by atoms with Crippen molar-refractivity contribution < 1.29 is 4.79 Å². The fourth-order valence-corrected chi connectivity index (χ4v) is 3.52. The maximum Gasteiger partial charge on any atom is 0.223 e. The number of likely N-dealkylation sites (tertiary alicyclic amines) is 1. The van der Waals surface area contributed by atoms with E-state index in [2.05, 4.69) is 24.1 Å². The van der Waals surface area contributed by atoms with Gasteiger partial charge in [0.25, 0.3) is 0 Å². The molecule has 1 saturated heterocycles. The van der Waals surface area contributed by atoms with Gasteiger partial charge in [-0.05, 0) is 51.6 Å². The number of nitrogens with two attached hydrogens (primary N) is 1. The first-order valence-electron chi connectivity index (χ1n) is 7.86. The van der Waals surface area contributed by atoms with Crippen molar-refractivity contribution in [3.05, 3.63) is 0 Å². The van der Waals surface area contributed by atoms with Gasteiger partial charge in [-0.1, -0.05) is 13.3 Å². The maximum absolute atomic E-state index is 12.4. The summed E-state index contributed by atoms with van der Waals surface area (Å²) in [7, 11) is 0. The Morgan fingerprint density at radius 1 is 1.32 bits per heavy atom. The molecule has 0 spiro atoms. The molecule has 1 saturated carbocycles. The summed E-state index contributed by atoms with van der Waals surface area (Å²) in [5.41, 5.74) is 6.08. The summed E-state index contributed by atoms with van der Waals surface area (Å²) in [6, 6.07) is 0.439. The number of nitrogens with zero attached hydrogens (tertiary/aromatic N) is 1. The molecule has 1 amide bonds. The Bertz CT molecular complexity index is 302. The molecule has 19 heavy (non-hydrogen) atoms. The molecule has 4 heteroatoms. The van der Waals surface area contributed by atoms with Crippen LogP contribution in [0, 0.1) is 11.8 Å². The molecule has 0 aromatic carbocycles. The summed E-state index contributed by atoms with van der Waals surface area (Å²) >= 11 is 0. The third-order valence-electron chi connectivity index (χ3n) is 4.82. The van der Waals surface area contributed by atoms with Gasteiger partial charge in [0, 0.05) is 24.5 Å². The molecule has 0 aromatic heterocycles. The fraction of sp³-hybridized carbons (Fsp3) is 0.933. The quantitative estimate of drug-likeness (QED) is 0.808. The van der Waals surface area contributed by atoms with Crippen molar-refractivity contribution in [3.63, 3.8) is 0 Å². The first kappa shape index (κ1) is 14.8. The van der Waals surface area contributed by atoms with Crippen molar-refractivity contribution in [3.8, 4) is 0 Å². The fourth-order valence-electron chi connectivity index (χ4n) is 3.52. The predicted octanol–water partition coefficient (Wildman–Crippen LogP) is 1.35. The van der Waals surface area contributed by atoms with Gasteiger partial charge in [0.1, 0.15) is 0 Å². The summed E-state index contributed by atoms with van der Waals surface area (Å²) in [5.74, 6) is 0.645. The Kier molecular flexibility index (Phi) is 5.22. The van der Waals surface area contributed by atoms with Gasteiger partial charge in [0.05, 0.1) is 0 Å². The van der Waals surface area contributed by atoms with E-state index in [-0.39, 0.29) is 23.9 Å². The second kappa shape index (κ2) is 6.71. The monoisotopic (exact) mass is 267 g/mol. The van der Waals surface area contributed by atoms with Crippen LogP contribution in [0.25, 0.3) is 0 Å². The minimum atomic E-state index is 0.116. The van der Waals surface area contributed by atoms with Crippen molar-refractivity contribution in [2.24, 2.45) is 17.6 Å². The van der Waals surface area contributed by atoms with Crippen LogP contribution < -0.4 is 11.1 Å². The molecule has 2 rings (SSSR count). The SMILES string of the molecule is CC(CN1CCCC1)NC(=O)C1CCCC(N)C1C. The lowest BCUT2D eigenvalue weighted by Crippen LogP contribution is -2.48. The van der Waals surface area contributed by atoms with Gasteiger partial charge < -0.3 is 16.0 Å². The standard InChI is InChI=1S/C15H29N3O/c1-11(10-18-8-3-4-9-18)17-15(19)13-6-5-7-14(16)12(13)2/h11-14H,3-10,16H2,1-2H3,(H,17,19). The second-order valence-corrected chi connectivity index (χ2v) is 6.48. The van der Waals surface area contributed by atoms with E-state index < -0.39 is 0 Å². The highest BCUT2D eigenvalue weighted by Crippen LogP contribution is 2.29. The van der Waals surface area contributed by atoms with Crippen molar-refractivity contribution in [1.29, 1.82) is 0 Å². The molecule has 4 unspecified atom stereocenters. The van der Waals surface area contributed by atoms with Crippen LogP contribution in [0.4, 0.5) is 0 Å². The van der Waals surface area contributed by atoms with Gasteiger partial charge in [-0.25, -0.2) is 0 Å². The number of hydrogen-bond acceptors (Lipinski definition) is 3. The number of carbonyl (C=O) groups excluding carboxylic acids is 1. The predicted molar refractivity (Wildman–Crippen MR) is 77.8 cm³/mol. The maximum atomic E-state index is 12.4. The first-order valence-corrected chi connectivity index (χ1v) is 7.86. The number of rotatable bonds is 4. The van der Waals surface area contributed by atoms with Crippen molar-refractivity contribution in [2.45, 2.75) is 58.0 Å². The highest BCUT2D eigenvalue weighted by molar-refractivity contribution is 5.79. The van der Waals surface area contributed by atoms with Crippen molar-refractivity contribution in [1.82, 2.24) is 10.2 Å². The Balaban J connectivity index is 1.78. The molecule has 3 N–H and O–H groups in total. The number of nitrogens with one attached hydrogen (secondary N) is 1. The summed E-state index contributed by atoms with van der Waals surface area (Å²) in [5, 5.41) is 3.19. The van der Waals surface area contributed by atoms with Crippen molar-refractivity contribution >= 4 is 5.91 Å². The average Bonchev–Trinajstić information content (AvgIpc) is 2.85. The van der Waals surface area contributed by atoms with Crippen LogP contribution in [0.2, 0.25) is 0 Å². The number of carbonyl (C=O) groups is 1. The molecule has 110 valence electrons. The molecular weight excluding hydrogens is 238 g/mol. The van der Waals surface area contributed by atoms with Gasteiger partial charge in [0.15, 0.2) is 0 Å². The van der Waals surface area contributed by atoms with Crippen molar-refractivity contribution in [2.75, 3.05) is 19.6 Å². The van der Waals surface area contributed by atoms with Gasteiger partial charge in [-0.15, -0.1) is 0 Å². The minimum Gasteiger partial charge on any atom is -0.352 e. The normalized spacial score (nSPS) is 34.2. The highest BCUT2D eigenvalue weighted by atomic mass is 16.2. The molecule has 1 heterocycles. The molecular formula is C15H29N3O. The van der Waals surface area contributed by atoms with Crippen LogP contribution in [-0.4, -0.2) is 42.5 Å². The van der Waals surface area contributed by atoms with E-state index in [1.807, 2.05) is 0 Å². The summed E-state index contributed by atoms with van der Waals surface area (Å²) in [6.45, 7) is 7.59. The Morgan fingerprint density at radius 2 is 2.00 bits per heavy atom. The van der Waals surface area contributed by atoms with E-state index in [1.165, 1.54) is 25.9 Å². The smallest absolute Gasteiger partial charge is 0.223 e. The molecule has 4 atom stereocenters. The molecule has 0 aromatic rings. The third-order valence-corrected chi connectivity index (χ3v) is 4.82. The molecule has 2 aliphatic rings. The first-order chi connectivity index (χ1) is 9.08. The van der Waals surface area contributed by atoms with Gasteiger partial charge in [-0.3, -0.25) is 4.79 Å². The molecule has 1 aliphatic carbocycles. The zero-order valence-electron chi connectivity index (χ0n) is 12.4. The van der Waals surface area contributed by atoms with Crippen LogP contribution >= 0.6 is 0 Å². The van der Waals surface area contributed by atoms with E-state index in [1.54, 1.807) is 0 Å². The summed E-state index contributed by atoms with van der Waals surface area (Å²) in [6.07, 6.45) is 5.75. The number of hydrogen-bond donors (Lipinski definition) is 2. The molecule has 1 aliphatic heterocycles. The van der Waals surface area contributed by atoms with E-state index in [0.29, 0.717) is 5.92 Å². The molecule has 4 nitrogen and oxygen atoms in total. The molecule has 0 radical (unpaired) electrons. The van der Waals surface area contributed by atoms with E-state index in [9.17, 15) is 4.79 Å². The van der Waals surface area contributed by atoms with Crippen LogP contribution in [0.1, 0.15) is 46.0 Å². The Hall–Kier alpha value is -0.610. The minimum absolute atomic E-state index is 0.116. The van der Waals surface area contributed by atoms with Gasteiger partial charge >= 0.3 is 0 Å². The van der Waals surface area contributed by atoms with Gasteiger partial charge in [0.2, 0.25) is 5.91 Å². The second-order valence-electron chi connectivity index (χ2n) is 6.48. The molecule has 0 bridgehead atoms. The zero-order valence-corrected chi connectivity index (χ0v) is 12.4. The van der Waals surface area contributed by atoms with Crippen LogP contribution in [-0.2, 0) is 4.79 Å². The van der Waals surface area contributed by atoms with E-state index in [0.717, 1.165) is 25.8 Å². The third kappa shape index (κ3) is 3.93. The topological polar surface area (TPSA) is 58.4 Å². The van der Waals surface area contributed by atoms with E-state index >= 15 is 0 Å². The lowest BCUT2D eigenvalue weighted by Gasteiger charge is -2.34. The van der Waals surface area contributed by atoms with Gasteiger partial charge in [-0.2, -0.15) is 0 Å². The Labute approximate surface area is 117 Å². The summed E-state index contributed by atoms with van der Waals surface area (Å²) < 4.78 is 0. The summed E-state index contributed by atoms with van der Waals surface area (Å²) in [4.78, 5) is 14.8. The van der Waals surface area contributed by atoms with E-state index in [4.69, 9.17) is 5.73 Å². The highest BCUT2D eigenvalue weighted by Gasteiger charge is 2.33. The molecule has 2 fully saturated rings. The van der Waals surface area contributed by atoms with Crippen LogP contribution in [0.3, 0.4) is 0 Å².